The van der Waals surface area contributed by atoms with Crippen LogP contribution in [-0.4, -0.2) is 5.16 Å². The monoisotopic (exact) mass is 290 g/mol. The Hall–Kier alpha value is -1.48. The molecule has 0 spiro atoms. The van der Waals surface area contributed by atoms with Gasteiger partial charge in [-0.2, -0.15) is 0 Å². The number of nitrogens with zero attached hydrogens (tertiary/aromatic N) is 1. The van der Waals surface area contributed by atoms with E-state index in [-0.39, 0.29) is 0 Å². The van der Waals surface area contributed by atoms with Gasteiger partial charge in [-0.3, -0.25) is 0 Å². The lowest BCUT2D eigenvalue weighted by atomic mass is 9.85. The van der Waals surface area contributed by atoms with E-state index in [1.54, 1.807) is 0 Å². The van der Waals surface area contributed by atoms with Gasteiger partial charge in [0.1, 0.15) is 5.76 Å². The third-order valence-corrected chi connectivity index (χ3v) is 4.37. The van der Waals surface area contributed by atoms with Crippen LogP contribution in [0.2, 0.25) is 5.02 Å². The summed E-state index contributed by atoms with van der Waals surface area (Å²) >= 11 is 5.94. The first-order chi connectivity index (χ1) is 9.74. The Labute approximate surface area is 124 Å². The maximum absolute atomic E-state index is 5.98. The van der Waals surface area contributed by atoms with Gasteiger partial charge in [0, 0.05) is 11.4 Å². The summed E-state index contributed by atoms with van der Waals surface area (Å²) in [6.45, 7) is 0. The average Bonchev–Trinajstić information content (AvgIpc) is 2.82. The highest BCUT2D eigenvalue weighted by atomic mass is 35.5. The lowest BCUT2D eigenvalue weighted by Gasteiger charge is -2.20. The van der Waals surface area contributed by atoms with Crippen LogP contribution >= 0.6 is 11.6 Å². The summed E-state index contributed by atoms with van der Waals surface area (Å²) < 4.78 is 5.47. The maximum atomic E-state index is 5.98. The molecule has 4 heteroatoms. The number of aromatic nitrogens is 1. The Kier molecular flexibility index (Phi) is 3.97. The Balaban J connectivity index is 1.86. The summed E-state index contributed by atoms with van der Waals surface area (Å²) in [5.41, 5.74) is 7.94. The van der Waals surface area contributed by atoms with Crippen LogP contribution in [0, 0.1) is 5.92 Å². The highest BCUT2D eigenvalue weighted by Gasteiger charge is 2.21. The molecule has 0 aliphatic heterocycles. The highest BCUT2D eigenvalue weighted by Crippen LogP contribution is 2.34. The van der Waals surface area contributed by atoms with E-state index in [0.717, 1.165) is 28.3 Å². The summed E-state index contributed by atoms with van der Waals surface area (Å²) in [5.74, 6) is 2.08. The third-order valence-electron chi connectivity index (χ3n) is 4.12. The molecule has 1 aromatic carbocycles. The number of nitrogen functional groups attached to an aromatic ring is 1. The van der Waals surface area contributed by atoms with Gasteiger partial charge in [0.2, 0.25) is 0 Å². The Morgan fingerprint density at radius 2 is 1.85 bits per heavy atom. The van der Waals surface area contributed by atoms with E-state index in [9.17, 15) is 0 Å². The Morgan fingerprint density at radius 3 is 2.55 bits per heavy atom. The first kappa shape index (κ1) is 13.5. The molecule has 1 aromatic heterocycles. The number of hydrogen-bond donors (Lipinski definition) is 1. The Bertz CT molecular complexity index is 571. The molecule has 3 nitrogen and oxygen atoms in total. The van der Waals surface area contributed by atoms with Gasteiger partial charge in [-0.1, -0.05) is 61.0 Å². The van der Waals surface area contributed by atoms with Crippen molar-refractivity contribution in [1.29, 1.82) is 0 Å². The molecule has 0 bridgehead atoms. The van der Waals surface area contributed by atoms with E-state index in [1.165, 1.54) is 32.1 Å². The topological polar surface area (TPSA) is 52.0 Å². The fraction of sp³-hybridized carbons (Fsp3) is 0.438. The largest absolute Gasteiger partial charge is 0.380 e. The molecule has 1 fully saturated rings. The van der Waals surface area contributed by atoms with Crippen molar-refractivity contribution in [1.82, 2.24) is 5.16 Å². The van der Waals surface area contributed by atoms with Gasteiger partial charge < -0.3 is 10.3 Å². The van der Waals surface area contributed by atoms with Crippen molar-refractivity contribution < 1.29 is 4.52 Å². The van der Waals surface area contributed by atoms with Crippen molar-refractivity contribution >= 4 is 17.4 Å². The van der Waals surface area contributed by atoms with E-state index in [0.29, 0.717) is 11.7 Å². The zero-order valence-electron chi connectivity index (χ0n) is 11.4. The summed E-state index contributed by atoms with van der Waals surface area (Å²) in [6, 6.07) is 7.67. The molecule has 1 heterocycles. The molecule has 20 heavy (non-hydrogen) atoms. The van der Waals surface area contributed by atoms with E-state index < -0.39 is 0 Å². The molecule has 1 saturated carbocycles. The quantitative estimate of drug-likeness (QED) is 0.891. The standard InChI is InChI=1S/C16H19ClN2O/c17-13-8-6-12(7-9-13)15-14(20-19-16(15)18)10-11-4-2-1-3-5-11/h6-9,11H,1-5,10H2,(H2,18,19). The van der Waals surface area contributed by atoms with Crippen LogP contribution in [0.15, 0.2) is 28.8 Å². The van der Waals surface area contributed by atoms with Crippen LogP contribution in [-0.2, 0) is 6.42 Å². The van der Waals surface area contributed by atoms with Crippen LogP contribution < -0.4 is 5.73 Å². The molecule has 0 atom stereocenters. The average molecular weight is 291 g/mol. The first-order valence-electron chi connectivity index (χ1n) is 7.24. The van der Waals surface area contributed by atoms with Crippen LogP contribution in [0.25, 0.3) is 11.1 Å². The van der Waals surface area contributed by atoms with Crippen LogP contribution in [0.3, 0.4) is 0 Å². The van der Waals surface area contributed by atoms with Gasteiger partial charge in [-0.05, 0) is 23.6 Å². The number of hydrogen-bond acceptors (Lipinski definition) is 3. The van der Waals surface area contributed by atoms with Crippen molar-refractivity contribution in [3.8, 4) is 11.1 Å². The van der Waals surface area contributed by atoms with Crippen LogP contribution in [0.4, 0.5) is 5.82 Å². The molecule has 0 radical (unpaired) electrons. The number of benzene rings is 1. The third kappa shape index (κ3) is 2.83. The minimum absolute atomic E-state index is 0.470. The number of halogens is 1. The number of rotatable bonds is 3. The van der Waals surface area contributed by atoms with Gasteiger partial charge in [-0.15, -0.1) is 0 Å². The molecule has 0 unspecified atom stereocenters. The SMILES string of the molecule is Nc1noc(CC2CCCCC2)c1-c1ccc(Cl)cc1. The van der Waals surface area contributed by atoms with Gasteiger partial charge in [0.15, 0.2) is 5.82 Å². The summed E-state index contributed by atoms with van der Waals surface area (Å²) in [4.78, 5) is 0. The predicted molar refractivity (Wildman–Crippen MR) is 81.6 cm³/mol. The molecule has 1 aliphatic carbocycles. The van der Waals surface area contributed by atoms with E-state index in [1.807, 2.05) is 24.3 Å². The maximum Gasteiger partial charge on any atom is 0.175 e. The van der Waals surface area contributed by atoms with Gasteiger partial charge in [-0.25, -0.2) is 0 Å². The minimum Gasteiger partial charge on any atom is -0.380 e. The highest BCUT2D eigenvalue weighted by molar-refractivity contribution is 6.30. The Morgan fingerprint density at radius 1 is 1.15 bits per heavy atom. The molecule has 106 valence electrons. The van der Waals surface area contributed by atoms with E-state index in [2.05, 4.69) is 5.16 Å². The van der Waals surface area contributed by atoms with Crippen molar-refractivity contribution in [3.05, 3.63) is 35.0 Å². The second kappa shape index (κ2) is 5.88. The lowest BCUT2D eigenvalue weighted by Crippen LogP contribution is -2.09. The zero-order chi connectivity index (χ0) is 13.9. The second-order valence-corrected chi connectivity index (χ2v) is 6.02. The number of nitrogens with two attached hydrogens (primary N) is 1. The van der Waals surface area contributed by atoms with Crippen LogP contribution in [0.5, 0.6) is 0 Å². The van der Waals surface area contributed by atoms with Crippen molar-refractivity contribution in [2.45, 2.75) is 38.5 Å². The molecule has 2 N–H and O–H groups in total. The van der Waals surface area contributed by atoms with Gasteiger partial charge in [0.05, 0.1) is 5.56 Å². The second-order valence-electron chi connectivity index (χ2n) is 5.58. The molecular weight excluding hydrogens is 272 g/mol. The zero-order valence-corrected chi connectivity index (χ0v) is 12.2. The molecule has 3 rings (SSSR count). The fourth-order valence-electron chi connectivity index (χ4n) is 3.06. The van der Waals surface area contributed by atoms with Gasteiger partial charge >= 0.3 is 0 Å². The predicted octanol–water partition coefficient (Wildman–Crippen LogP) is 4.70. The summed E-state index contributed by atoms with van der Waals surface area (Å²) in [5, 5.41) is 4.67. The van der Waals surface area contributed by atoms with E-state index in [4.69, 9.17) is 21.9 Å². The first-order valence-corrected chi connectivity index (χ1v) is 7.62. The molecule has 0 saturated heterocycles. The van der Waals surface area contributed by atoms with Gasteiger partial charge in [0.25, 0.3) is 0 Å². The van der Waals surface area contributed by atoms with Crippen molar-refractivity contribution in [2.24, 2.45) is 5.92 Å². The molecule has 2 aromatic rings. The summed E-state index contributed by atoms with van der Waals surface area (Å²) in [6.07, 6.45) is 7.50. The lowest BCUT2D eigenvalue weighted by molar-refractivity contribution is 0.311. The smallest absolute Gasteiger partial charge is 0.175 e. The van der Waals surface area contributed by atoms with Crippen molar-refractivity contribution in [2.75, 3.05) is 5.73 Å². The molecule has 1 aliphatic rings. The summed E-state index contributed by atoms with van der Waals surface area (Å²) in [7, 11) is 0. The molecular formula is C16H19ClN2O. The van der Waals surface area contributed by atoms with Crippen LogP contribution in [0.1, 0.15) is 37.9 Å². The van der Waals surface area contributed by atoms with Crippen molar-refractivity contribution in [3.63, 3.8) is 0 Å². The van der Waals surface area contributed by atoms with E-state index >= 15 is 0 Å². The fourth-order valence-corrected chi connectivity index (χ4v) is 3.18. The normalized spacial score (nSPS) is 16.4. The number of anilines is 1. The molecule has 0 amide bonds. The minimum atomic E-state index is 0.470.